The maximum absolute atomic E-state index is 12.6. The van der Waals surface area contributed by atoms with Crippen LogP contribution in [0.2, 0.25) is 0 Å². The molecule has 0 radical (unpaired) electrons. The van der Waals surface area contributed by atoms with Crippen LogP contribution in [0.4, 0.5) is 16.6 Å². The molecule has 0 saturated carbocycles. The maximum atomic E-state index is 12.6. The Morgan fingerprint density at radius 3 is 2.69 bits per heavy atom. The summed E-state index contributed by atoms with van der Waals surface area (Å²) in [5.74, 6) is 1.19. The second-order valence-electron chi connectivity index (χ2n) is 8.60. The number of unbranched alkanes of at least 4 members (excludes halogenated alkanes) is 1. The van der Waals surface area contributed by atoms with Crippen molar-refractivity contribution in [3.63, 3.8) is 0 Å². The van der Waals surface area contributed by atoms with E-state index in [1.165, 1.54) is 0 Å². The average molecular weight is 441 g/mol. The van der Waals surface area contributed by atoms with Gasteiger partial charge in [0.2, 0.25) is 11.9 Å². The van der Waals surface area contributed by atoms with E-state index < -0.39 is 17.7 Å². The second-order valence-corrected chi connectivity index (χ2v) is 8.60. The molecule has 2 aromatic rings. The van der Waals surface area contributed by atoms with Gasteiger partial charge in [0.25, 0.3) is 0 Å². The standard InChI is InChI=1S/C23H32N6O3/c1-23(2,3)32-22(31)27-13-8-7-12-25-21-26-14-11-18(28-21)29-16-15-24-20(30)19(29)17-9-5-4-6-10-17/h4-6,9-11,14,19H,7-8,12-13,15-16H2,1-3H3,(H,24,30)(H,27,31)(H,25,26,28). The number of carbonyl (C=O) groups is 2. The lowest BCUT2D eigenvalue weighted by molar-refractivity contribution is -0.123. The summed E-state index contributed by atoms with van der Waals surface area (Å²) < 4.78 is 5.21. The molecule has 172 valence electrons. The monoisotopic (exact) mass is 440 g/mol. The highest BCUT2D eigenvalue weighted by Crippen LogP contribution is 2.28. The van der Waals surface area contributed by atoms with Gasteiger partial charge in [0.15, 0.2) is 0 Å². The van der Waals surface area contributed by atoms with E-state index in [9.17, 15) is 9.59 Å². The van der Waals surface area contributed by atoms with Crippen molar-refractivity contribution < 1.29 is 14.3 Å². The van der Waals surface area contributed by atoms with Crippen molar-refractivity contribution in [2.45, 2.75) is 45.3 Å². The Labute approximate surface area is 189 Å². The number of amides is 2. The van der Waals surface area contributed by atoms with Crippen LogP contribution in [-0.2, 0) is 9.53 Å². The largest absolute Gasteiger partial charge is 0.444 e. The first-order chi connectivity index (χ1) is 15.3. The molecule has 1 fully saturated rings. The van der Waals surface area contributed by atoms with Gasteiger partial charge in [-0.1, -0.05) is 30.3 Å². The molecule has 9 heteroatoms. The highest BCUT2D eigenvalue weighted by Gasteiger charge is 2.32. The van der Waals surface area contributed by atoms with Gasteiger partial charge >= 0.3 is 6.09 Å². The Morgan fingerprint density at radius 2 is 1.94 bits per heavy atom. The molecule has 32 heavy (non-hydrogen) atoms. The van der Waals surface area contributed by atoms with Crippen LogP contribution in [0.5, 0.6) is 0 Å². The van der Waals surface area contributed by atoms with Gasteiger partial charge in [0.1, 0.15) is 17.5 Å². The molecule has 0 aliphatic carbocycles. The van der Waals surface area contributed by atoms with Gasteiger partial charge in [-0.2, -0.15) is 4.98 Å². The Bertz CT molecular complexity index is 900. The zero-order chi connectivity index (χ0) is 23.0. The van der Waals surface area contributed by atoms with Crippen molar-refractivity contribution >= 4 is 23.8 Å². The molecular weight excluding hydrogens is 408 g/mol. The number of hydrogen-bond donors (Lipinski definition) is 3. The molecule has 3 rings (SSSR count). The smallest absolute Gasteiger partial charge is 0.407 e. The minimum atomic E-state index is -0.497. The number of nitrogens with zero attached hydrogens (tertiary/aromatic N) is 3. The third kappa shape index (κ3) is 6.83. The van der Waals surface area contributed by atoms with Gasteiger partial charge in [-0.3, -0.25) is 4.79 Å². The normalized spacial score (nSPS) is 16.3. The summed E-state index contributed by atoms with van der Waals surface area (Å²) in [7, 11) is 0. The molecule has 1 saturated heterocycles. The first-order valence-corrected chi connectivity index (χ1v) is 11.0. The van der Waals surface area contributed by atoms with E-state index in [-0.39, 0.29) is 5.91 Å². The fraction of sp³-hybridized carbons (Fsp3) is 0.478. The molecule has 2 amide bonds. The molecule has 0 spiro atoms. The van der Waals surface area contributed by atoms with Crippen LogP contribution in [0.25, 0.3) is 0 Å². The minimum absolute atomic E-state index is 0.0342. The van der Waals surface area contributed by atoms with Crippen LogP contribution >= 0.6 is 0 Å². The number of ether oxygens (including phenoxy) is 1. The first kappa shape index (κ1) is 23.3. The molecule has 3 N–H and O–H groups in total. The Morgan fingerprint density at radius 1 is 1.19 bits per heavy atom. The lowest BCUT2D eigenvalue weighted by Crippen LogP contribution is -2.50. The maximum Gasteiger partial charge on any atom is 0.407 e. The van der Waals surface area contributed by atoms with Crippen molar-refractivity contribution in [2.75, 3.05) is 36.4 Å². The predicted molar refractivity (Wildman–Crippen MR) is 124 cm³/mol. The van der Waals surface area contributed by atoms with Gasteiger partial charge in [-0.25, -0.2) is 9.78 Å². The summed E-state index contributed by atoms with van der Waals surface area (Å²) in [6.07, 6.45) is 2.93. The quantitative estimate of drug-likeness (QED) is 0.542. The minimum Gasteiger partial charge on any atom is -0.444 e. The predicted octanol–water partition coefficient (Wildman–Crippen LogP) is 2.87. The summed E-state index contributed by atoms with van der Waals surface area (Å²) in [5.41, 5.74) is 0.429. The number of alkyl carbamates (subject to hydrolysis) is 1. The van der Waals surface area contributed by atoms with Gasteiger partial charge in [-0.05, 0) is 45.2 Å². The lowest BCUT2D eigenvalue weighted by Gasteiger charge is -2.36. The zero-order valence-corrected chi connectivity index (χ0v) is 18.9. The van der Waals surface area contributed by atoms with Crippen LogP contribution in [0.3, 0.4) is 0 Å². The third-order valence-corrected chi connectivity index (χ3v) is 4.82. The average Bonchev–Trinajstić information content (AvgIpc) is 2.75. The second kappa shape index (κ2) is 10.8. The van der Waals surface area contributed by atoms with E-state index in [1.54, 1.807) is 6.20 Å². The van der Waals surface area contributed by atoms with E-state index in [2.05, 4.69) is 25.9 Å². The van der Waals surface area contributed by atoms with Crippen LogP contribution < -0.4 is 20.9 Å². The summed E-state index contributed by atoms with van der Waals surface area (Å²) in [5, 5.41) is 8.91. The van der Waals surface area contributed by atoms with Crippen molar-refractivity contribution in [3.8, 4) is 0 Å². The summed E-state index contributed by atoms with van der Waals surface area (Å²) >= 11 is 0. The van der Waals surface area contributed by atoms with Crippen LogP contribution in [0.15, 0.2) is 42.6 Å². The van der Waals surface area contributed by atoms with E-state index >= 15 is 0 Å². The Kier molecular flexibility index (Phi) is 7.86. The molecule has 1 aromatic carbocycles. The molecule has 9 nitrogen and oxygen atoms in total. The van der Waals surface area contributed by atoms with Crippen LogP contribution in [-0.4, -0.2) is 53.7 Å². The summed E-state index contributed by atoms with van der Waals surface area (Å²) in [6.45, 7) is 7.95. The molecular formula is C23H32N6O3. The number of hydrogen-bond acceptors (Lipinski definition) is 7. The number of nitrogens with one attached hydrogen (secondary N) is 3. The molecule has 0 bridgehead atoms. The molecule has 1 aromatic heterocycles. The highest BCUT2D eigenvalue weighted by atomic mass is 16.6. The van der Waals surface area contributed by atoms with Gasteiger partial charge in [0, 0.05) is 32.4 Å². The van der Waals surface area contributed by atoms with Gasteiger partial charge < -0.3 is 25.6 Å². The Balaban J connectivity index is 1.51. The molecule has 2 heterocycles. The highest BCUT2D eigenvalue weighted by molar-refractivity contribution is 5.87. The summed E-state index contributed by atoms with van der Waals surface area (Å²) in [6, 6.07) is 11.1. The number of anilines is 2. The topological polar surface area (TPSA) is 108 Å². The Hall–Kier alpha value is -3.36. The molecule has 1 aliphatic heterocycles. The van der Waals surface area contributed by atoms with E-state index in [1.807, 2.05) is 62.1 Å². The number of benzene rings is 1. The third-order valence-electron chi connectivity index (χ3n) is 4.82. The lowest BCUT2D eigenvalue weighted by atomic mass is 10.0. The van der Waals surface area contributed by atoms with Gasteiger partial charge in [-0.15, -0.1) is 0 Å². The van der Waals surface area contributed by atoms with Crippen molar-refractivity contribution in [2.24, 2.45) is 0 Å². The van der Waals surface area contributed by atoms with E-state index in [0.717, 1.165) is 18.4 Å². The molecule has 1 unspecified atom stereocenters. The number of aromatic nitrogens is 2. The van der Waals surface area contributed by atoms with E-state index in [0.29, 0.717) is 37.9 Å². The van der Waals surface area contributed by atoms with Crippen molar-refractivity contribution in [1.82, 2.24) is 20.6 Å². The number of piperazine rings is 1. The fourth-order valence-corrected chi connectivity index (χ4v) is 3.43. The molecule has 1 atom stereocenters. The number of rotatable bonds is 8. The summed E-state index contributed by atoms with van der Waals surface area (Å²) in [4.78, 5) is 35.2. The SMILES string of the molecule is CC(C)(C)OC(=O)NCCCCNc1nccc(N2CCNC(=O)C2c2ccccc2)n1. The zero-order valence-electron chi connectivity index (χ0n) is 18.9. The van der Waals surface area contributed by atoms with Gasteiger partial charge in [0.05, 0.1) is 0 Å². The van der Waals surface area contributed by atoms with Crippen molar-refractivity contribution in [3.05, 3.63) is 48.2 Å². The number of carbonyl (C=O) groups excluding carboxylic acids is 2. The van der Waals surface area contributed by atoms with Crippen LogP contribution in [0.1, 0.15) is 45.2 Å². The first-order valence-electron chi connectivity index (χ1n) is 11.0. The van der Waals surface area contributed by atoms with Crippen molar-refractivity contribution in [1.29, 1.82) is 0 Å². The van der Waals surface area contributed by atoms with E-state index in [4.69, 9.17) is 4.74 Å². The fourth-order valence-electron chi connectivity index (χ4n) is 3.43. The molecule has 1 aliphatic rings. The van der Waals surface area contributed by atoms with Crippen LogP contribution in [0, 0.1) is 0 Å².